The van der Waals surface area contributed by atoms with E-state index in [9.17, 15) is 9.59 Å². The Balaban J connectivity index is 4.31. The van der Waals surface area contributed by atoms with Gasteiger partial charge < -0.3 is 14.6 Å². The van der Waals surface area contributed by atoms with E-state index in [0.717, 1.165) is 19.6 Å². The molecule has 0 rings (SSSR count). The van der Waals surface area contributed by atoms with Crippen molar-refractivity contribution in [3.05, 3.63) is 0 Å². The summed E-state index contributed by atoms with van der Waals surface area (Å²) in [7, 11) is 0. The van der Waals surface area contributed by atoms with E-state index < -0.39 is 17.9 Å². The SMILES string of the molecule is CCN(CC)CC(C)CCC(C(=O)ON)C(=O)ON. The summed E-state index contributed by atoms with van der Waals surface area (Å²) in [6, 6.07) is 0. The van der Waals surface area contributed by atoms with Gasteiger partial charge in [-0.15, -0.1) is 0 Å². The van der Waals surface area contributed by atoms with Gasteiger partial charge in [0, 0.05) is 6.54 Å². The second kappa shape index (κ2) is 9.71. The highest BCUT2D eigenvalue weighted by Crippen LogP contribution is 2.16. The number of hydrogen-bond acceptors (Lipinski definition) is 7. The first-order valence-electron chi connectivity index (χ1n) is 6.53. The monoisotopic (exact) mass is 275 g/mol. The molecule has 4 N–H and O–H groups in total. The Morgan fingerprint density at radius 2 is 1.53 bits per heavy atom. The number of hydrogen-bond donors (Lipinski definition) is 2. The number of nitrogens with zero attached hydrogens (tertiary/aromatic N) is 1. The van der Waals surface area contributed by atoms with Crippen LogP contribution in [0.15, 0.2) is 0 Å². The first-order valence-corrected chi connectivity index (χ1v) is 6.53. The van der Waals surface area contributed by atoms with E-state index in [2.05, 4.69) is 35.3 Å². The fraction of sp³-hybridized carbons (Fsp3) is 0.833. The van der Waals surface area contributed by atoms with Crippen molar-refractivity contribution in [3.63, 3.8) is 0 Å². The van der Waals surface area contributed by atoms with Gasteiger partial charge in [-0.2, -0.15) is 11.8 Å². The van der Waals surface area contributed by atoms with Gasteiger partial charge in [-0.3, -0.25) is 0 Å². The van der Waals surface area contributed by atoms with Gasteiger partial charge in [-0.25, -0.2) is 9.59 Å². The standard InChI is InChI=1S/C12H25N3O4/c1-4-15(5-2)8-9(3)6-7-10(11(16)18-13)12(17)19-14/h9-10H,4-8,13-14H2,1-3H3. The molecule has 0 heterocycles. The zero-order chi connectivity index (χ0) is 14.8. The summed E-state index contributed by atoms with van der Waals surface area (Å²) in [6.07, 6.45) is 1.000. The predicted octanol–water partition coefficient (Wildman–Crippen LogP) is 0.195. The summed E-state index contributed by atoms with van der Waals surface area (Å²) >= 11 is 0. The maximum absolute atomic E-state index is 11.3. The van der Waals surface area contributed by atoms with Crippen molar-refractivity contribution in [2.24, 2.45) is 23.6 Å². The average Bonchev–Trinajstić information content (AvgIpc) is 2.43. The van der Waals surface area contributed by atoms with Gasteiger partial charge in [0.2, 0.25) is 0 Å². The molecule has 0 aromatic heterocycles. The van der Waals surface area contributed by atoms with Crippen molar-refractivity contribution in [1.29, 1.82) is 0 Å². The molecule has 0 aromatic carbocycles. The van der Waals surface area contributed by atoms with Gasteiger partial charge in [0.1, 0.15) is 0 Å². The molecule has 0 spiro atoms. The molecule has 0 saturated heterocycles. The zero-order valence-corrected chi connectivity index (χ0v) is 11.9. The van der Waals surface area contributed by atoms with Crippen LogP contribution in [0.5, 0.6) is 0 Å². The Morgan fingerprint density at radius 1 is 1.05 bits per heavy atom. The van der Waals surface area contributed by atoms with Crippen molar-refractivity contribution < 1.29 is 19.3 Å². The summed E-state index contributed by atoms with van der Waals surface area (Å²) in [5, 5.41) is 0. The molecule has 0 aliphatic carbocycles. The molecule has 0 aliphatic rings. The van der Waals surface area contributed by atoms with E-state index in [0.29, 0.717) is 18.8 Å². The number of nitrogens with two attached hydrogens (primary N) is 2. The highest BCUT2D eigenvalue weighted by atomic mass is 16.7. The minimum Gasteiger partial charge on any atom is -0.373 e. The van der Waals surface area contributed by atoms with Gasteiger partial charge in [-0.1, -0.05) is 20.8 Å². The third-order valence-electron chi connectivity index (χ3n) is 3.21. The lowest BCUT2D eigenvalue weighted by Crippen LogP contribution is -2.33. The van der Waals surface area contributed by atoms with Crippen molar-refractivity contribution in [1.82, 2.24) is 4.90 Å². The van der Waals surface area contributed by atoms with Crippen LogP contribution in [0.25, 0.3) is 0 Å². The quantitative estimate of drug-likeness (QED) is 0.457. The molecule has 0 aliphatic heterocycles. The largest absolute Gasteiger partial charge is 0.373 e. The van der Waals surface area contributed by atoms with Crippen LogP contribution in [0.1, 0.15) is 33.6 Å². The van der Waals surface area contributed by atoms with Crippen LogP contribution in [0.4, 0.5) is 0 Å². The lowest BCUT2D eigenvalue weighted by molar-refractivity contribution is -0.163. The van der Waals surface area contributed by atoms with Gasteiger partial charge in [0.25, 0.3) is 0 Å². The summed E-state index contributed by atoms with van der Waals surface area (Å²) in [4.78, 5) is 33.1. The fourth-order valence-electron chi connectivity index (χ4n) is 1.96. The molecule has 0 radical (unpaired) electrons. The number of carbonyl (C=O) groups is 2. The van der Waals surface area contributed by atoms with Crippen LogP contribution in [0, 0.1) is 11.8 Å². The Morgan fingerprint density at radius 3 is 1.89 bits per heavy atom. The molecule has 0 aromatic rings. The number of rotatable bonds is 9. The first-order chi connectivity index (χ1) is 8.99. The minimum atomic E-state index is -1.05. The van der Waals surface area contributed by atoms with Crippen LogP contribution < -0.4 is 11.8 Å². The van der Waals surface area contributed by atoms with E-state index in [1.807, 2.05) is 0 Å². The molecular formula is C12H25N3O4. The maximum atomic E-state index is 11.3. The Hall–Kier alpha value is -1.18. The molecular weight excluding hydrogens is 250 g/mol. The molecule has 112 valence electrons. The predicted molar refractivity (Wildman–Crippen MR) is 70.2 cm³/mol. The Bertz CT molecular complexity index is 266. The Labute approximate surface area is 114 Å². The first kappa shape index (κ1) is 17.8. The molecule has 0 bridgehead atoms. The zero-order valence-electron chi connectivity index (χ0n) is 11.9. The second-order valence-electron chi connectivity index (χ2n) is 4.59. The van der Waals surface area contributed by atoms with Crippen LogP contribution in [0.3, 0.4) is 0 Å². The highest BCUT2D eigenvalue weighted by molar-refractivity contribution is 5.94. The molecule has 7 heteroatoms. The fourth-order valence-corrected chi connectivity index (χ4v) is 1.96. The number of carbonyl (C=O) groups excluding carboxylic acids is 2. The lowest BCUT2D eigenvalue weighted by atomic mass is 9.96. The van der Waals surface area contributed by atoms with Crippen LogP contribution in [-0.4, -0.2) is 36.5 Å². The van der Waals surface area contributed by atoms with Crippen molar-refractivity contribution in [2.45, 2.75) is 33.6 Å². The molecule has 0 fully saturated rings. The van der Waals surface area contributed by atoms with Crippen molar-refractivity contribution in [3.8, 4) is 0 Å². The van der Waals surface area contributed by atoms with Gasteiger partial charge in [-0.05, 0) is 31.8 Å². The second-order valence-corrected chi connectivity index (χ2v) is 4.59. The van der Waals surface area contributed by atoms with E-state index in [1.165, 1.54) is 0 Å². The van der Waals surface area contributed by atoms with Crippen LogP contribution >= 0.6 is 0 Å². The molecule has 1 unspecified atom stereocenters. The molecule has 7 nitrogen and oxygen atoms in total. The van der Waals surface area contributed by atoms with Crippen molar-refractivity contribution in [2.75, 3.05) is 19.6 Å². The normalized spacial score (nSPS) is 12.6. The molecule has 19 heavy (non-hydrogen) atoms. The maximum Gasteiger partial charge on any atom is 0.338 e. The third kappa shape index (κ3) is 6.51. The Kier molecular flexibility index (Phi) is 9.11. The smallest absolute Gasteiger partial charge is 0.338 e. The third-order valence-corrected chi connectivity index (χ3v) is 3.21. The lowest BCUT2D eigenvalue weighted by Gasteiger charge is -2.23. The summed E-state index contributed by atoms with van der Waals surface area (Å²) in [5.41, 5.74) is 0. The molecule has 1 atom stereocenters. The van der Waals surface area contributed by atoms with E-state index >= 15 is 0 Å². The van der Waals surface area contributed by atoms with E-state index in [-0.39, 0.29) is 0 Å². The minimum absolute atomic E-state index is 0.314. The molecule has 0 amide bonds. The van der Waals surface area contributed by atoms with E-state index in [4.69, 9.17) is 11.8 Å². The average molecular weight is 275 g/mol. The van der Waals surface area contributed by atoms with E-state index in [1.54, 1.807) is 0 Å². The van der Waals surface area contributed by atoms with Gasteiger partial charge in [0.05, 0.1) is 0 Å². The summed E-state index contributed by atoms with van der Waals surface area (Å²) in [5.74, 6) is 7.25. The van der Waals surface area contributed by atoms with Crippen molar-refractivity contribution >= 4 is 11.9 Å². The highest BCUT2D eigenvalue weighted by Gasteiger charge is 2.29. The summed E-state index contributed by atoms with van der Waals surface area (Å²) < 4.78 is 0. The summed E-state index contributed by atoms with van der Waals surface area (Å²) in [6.45, 7) is 9.11. The molecule has 0 saturated carbocycles. The van der Waals surface area contributed by atoms with Gasteiger partial charge in [0.15, 0.2) is 5.92 Å². The van der Waals surface area contributed by atoms with Crippen LogP contribution in [-0.2, 0) is 19.3 Å². The van der Waals surface area contributed by atoms with Crippen LogP contribution in [0.2, 0.25) is 0 Å². The van der Waals surface area contributed by atoms with Gasteiger partial charge >= 0.3 is 11.9 Å². The topological polar surface area (TPSA) is 108 Å².